The standard InChI is InChI=1S/C14H18N2O2/c1-10(2)16-9-13(17)15-12(14(16)18)8-11-6-4-3-5-7-11/h3-7,10,12H,8-9H2,1-2H3,(H,15,17). The monoisotopic (exact) mass is 246 g/mol. The van der Waals surface area contributed by atoms with Crippen molar-refractivity contribution >= 4 is 11.8 Å². The molecular weight excluding hydrogens is 228 g/mol. The molecule has 4 nitrogen and oxygen atoms in total. The number of nitrogens with one attached hydrogen (secondary N) is 1. The lowest BCUT2D eigenvalue weighted by atomic mass is 10.0. The van der Waals surface area contributed by atoms with Gasteiger partial charge in [-0.05, 0) is 19.4 Å². The first kappa shape index (κ1) is 12.6. The summed E-state index contributed by atoms with van der Waals surface area (Å²) in [6, 6.07) is 9.36. The van der Waals surface area contributed by atoms with E-state index in [2.05, 4.69) is 5.32 Å². The van der Waals surface area contributed by atoms with Crippen LogP contribution in [0.4, 0.5) is 0 Å². The molecule has 2 amide bonds. The number of carbonyl (C=O) groups excluding carboxylic acids is 2. The van der Waals surface area contributed by atoms with Gasteiger partial charge in [-0.1, -0.05) is 30.3 Å². The molecule has 1 unspecified atom stereocenters. The molecule has 0 spiro atoms. The maximum Gasteiger partial charge on any atom is 0.246 e. The number of benzene rings is 1. The van der Waals surface area contributed by atoms with Gasteiger partial charge in [-0.2, -0.15) is 0 Å². The van der Waals surface area contributed by atoms with Crippen LogP contribution in [0.15, 0.2) is 30.3 Å². The van der Waals surface area contributed by atoms with Crippen LogP contribution in [0, 0.1) is 0 Å². The van der Waals surface area contributed by atoms with Gasteiger partial charge in [-0.25, -0.2) is 0 Å². The van der Waals surface area contributed by atoms with Crippen molar-refractivity contribution in [3.8, 4) is 0 Å². The highest BCUT2D eigenvalue weighted by Crippen LogP contribution is 2.11. The second kappa shape index (κ2) is 5.21. The lowest BCUT2D eigenvalue weighted by Crippen LogP contribution is -2.60. The van der Waals surface area contributed by atoms with Gasteiger partial charge in [-0.3, -0.25) is 9.59 Å². The Labute approximate surface area is 107 Å². The van der Waals surface area contributed by atoms with Crippen LogP contribution in [0.2, 0.25) is 0 Å². The minimum Gasteiger partial charge on any atom is -0.342 e. The van der Waals surface area contributed by atoms with Gasteiger partial charge < -0.3 is 10.2 Å². The highest BCUT2D eigenvalue weighted by Gasteiger charge is 2.33. The van der Waals surface area contributed by atoms with E-state index in [4.69, 9.17) is 0 Å². The molecule has 1 aromatic rings. The highest BCUT2D eigenvalue weighted by molar-refractivity contribution is 5.95. The summed E-state index contributed by atoms with van der Waals surface area (Å²) in [5.41, 5.74) is 1.06. The van der Waals surface area contributed by atoms with E-state index >= 15 is 0 Å². The van der Waals surface area contributed by atoms with Crippen molar-refractivity contribution in [2.75, 3.05) is 6.54 Å². The summed E-state index contributed by atoms with van der Waals surface area (Å²) in [5.74, 6) is -0.0716. The maximum atomic E-state index is 12.2. The molecule has 1 saturated heterocycles. The van der Waals surface area contributed by atoms with Gasteiger partial charge >= 0.3 is 0 Å². The van der Waals surface area contributed by atoms with E-state index in [9.17, 15) is 9.59 Å². The predicted molar refractivity (Wildman–Crippen MR) is 68.9 cm³/mol. The molecule has 1 aliphatic rings. The van der Waals surface area contributed by atoms with Crippen LogP contribution in [0.25, 0.3) is 0 Å². The zero-order valence-electron chi connectivity index (χ0n) is 10.7. The summed E-state index contributed by atoms with van der Waals surface area (Å²) in [5, 5.41) is 2.77. The SMILES string of the molecule is CC(C)N1CC(=O)NC(Cc2ccccc2)C1=O. The number of hydrogen-bond acceptors (Lipinski definition) is 2. The first-order valence-corrected chi connectivity index (χ1v) is 6.21. The van der Waals surface area contributed by atoms with E-state index in [0.717, 1.165) is 5.56 Å². The van der Waals surface area contributed by atoms with Crippen LogP contribution < -0.4 is 5.32 Å². The first-order valence-electron chi connectivity index (χ1n) is 6.21. The number of piperazine rings is 1. The van der Waals surface area contributed by atoms with E-state index in [-0.39, 0.29) is 24.4 Å². The zero-order chi connectivity index (χ0) is 13.1. The second-order valence-electron chi connectivity index (χ2n) is 4.87. The molecule has 1 heterocycles. The summed E-state index contributed by atoms with van der Waals surface area (Å²) >= 11 is 0. The van der Waals surface area contributed by atoms with Gasteiger partial charge in [0.15, 0.2) is 0 Å². The van der Waals surface area contributed by atoms with E-state index in [0.29, 0.717) is 6.42 Å². The van der Waals surface area contributed by atoms with Crippen molar-refractivity contribution in [1.29, 1.82) is 0 Å². The highest BCUT2D eigenvalue weighted by atomic mass is 16.2. The molecule has 1 N–H and O–H groups in total. The molecule has 0 bridgehead atoms. The maximum absolute atomic E-state index is 12.2. The van der Waals surface area contributed by atoms with Crippen LogP contribution in [0.5, 0.6) is 0 Å². The molecular formula is C14H18N2O2. The van der Waals surface area contributed by atoms with Crippen molar-refractivity contribution in [3.63, 3.8) is 0 Å². The van der Waals surface area contributed by atoms with Gasteiger partial charge in [0.05, 0.1) is 6.54 Å². The van der Waals surface area contributed by atoms with Crippen LogP contribution >= 0.6 is 0 Å². The van der Waals surface area contributed by atoms with E-state index in [1.807, 2.05) is 44.2 Å². The number of rotatable bonds is 3. The topological polar surface area (TPSA) is 49.4 Å². The average molecular weight is 246 g/mol. The Kier molecular flexibility index (Phi) is 3.65. The molecule has 0 radical (unpaired) electrons. The van der Waals surface area contributed by atoms with E-state index in [1.165, 1.54) is 0 Å². The summed E-state index contributed by atoms with van der Waals surface area (Å²) in [6.07, 6.45) is 0.550. The number of nitrogens with zero attached hydrogens (tertiary/aromatic N) is 1. The summed E-state index contributed by atoms with van der Waals surface area (Å²) < 4.78 is 0. The number of hydrogen-bond donors (Lipinski definition) is 1. The molecule has 2 rings (SSSR count). The van der Waals surface area contributed by atoms with Gasteiger partial charge in [0.25, 0.3) is 0 Å². The van der Waals surface area contributed by atoms with E-state index < -0.39 is 6.04 Å². The Bertz CT molecular complexity index is 442. The number of amides is 2. The van der Waals surface area contributed by atoms with Crippen molar-refractivity contribution in [2.24, 2.45) is 0 Å². The normalized spacial score (nSPS) is 20.2. The van der Waals surface area contributed by atoms with Crippen LogP contribution in [0.3, 0.4) is 0 Å². The molecule has 1 aliphatic heterocycles. The fourth-order valence-electron chi connectivity index (χ4n) is 2.16. The van der Waals surface area contributed by atoms with Crippen LogP contribution in [-0.4, -0.2) is 35.3 Å². The van der Waals surface area contributed by atoms with Crippen molar-refractivity contribution < 1.29 is 9.59 Å². The van der Waals surface area contributed by atoms with Crippen molar-refractivity contribution in [3.05, 3.63) is 35.9 Å². The molecule has 96 valence electrons. The van der Waals surface area contributed by atoms with Gasteiger partial charge in [0.1, 0.15) is 6.04 Å². The fourth-order valence-corrected chi connectivity index (χ4v) is 2.16. The Hall–Kier alpha value is -1.84. The Morgan fingerprint density at radius 2 is 1.94 bits per heavy atom. The van der Waals surface area contributed by atoms with Crippen molar-refractivity contribution in [2.45, 2.75) is 32.4 Å². The largest absolute Gasteiger partial charge is 0.342 e. The average Bonchev–Trinajstić information content (AvgIpc) is 2.34. The van der Waals surface area contributed by atoms with Gasteiger partial charge in [0, 0.05) is 12.5 Å². The molecule has 1 fully saturated rings. The molecule has 1 aromatic carbocycles. The molecule has 0 saturated carbocycles. The minimum absolute atomic E-state index is 0.00783. The predicted octanol–water partition coefficient (Wildman–Crippen LogP) is 0.964. The smallest absolute Gasteiger partial charge is 0.246 e. The Morgan fingerprint density at radius 1 is 1.28 bits per heavy atom. The van der Waals surface area contributed by atoms with E-state index in [1.54, 1.807) is 4.90 Å². The van der Waals surface area contributed by atoms with Crippen molar-refractivity contribution in [1.82, 2.24) is 10.2 Å². The Balaban J connectivity index is 2.12. The zero-order valence-corrected chi connectivity index (χ0v) is 10.7. The Morgan fingerprint density at radius 3 is 2.56 bits per heavy atom. The van der Waals surface area contributed by atoms with Gasteiger partial charge in [0.2, 0.25) is 11.8 Å². The second-order valence-corrected chi connectivity index (χ2v) is 4.87. The molecule has 0 aliphatic carbocycles. The quantitative estimate of drug-likeness (QED) is 0.863. The summed E-state index contributed by atoms with van der Waals surface area (Å²) in [4.78, 5) is 25.5. The first-order chi connectivity index (χ1) is 8.58. The third-order valence-electron chi connectivity index (χ3n) is 3.14. The minimum atomic E-state index is -0.434. The van der Waals surface area contributed by atoms with Gasteiger partial charge in [-0.15, -0.1) is 0 Å². The number of carbonyl (C=O) groups is 2. The van der Waals surface area contributed by atoms with Crippen LogP contribution in [0.1, 0.15) is 19.4 Å². The lowest BCUT2D eigenvalue weighted by Gasteiger charge is -2.35. The molecule has 0 aromatic heterocycles. The summed E-state index contributed by atoms with van der Waals surface area (Å²) in [7, 11) is 0. The fraction of sp³-hybridized carbons (Fsp3) is 0.429. The molecule has 18 heavy (non-hydrogen) atoms. The third kappa shape index (κ3) is 2.70. The molecule has 4 heteroatoms. The lowest BCUT2D eigenvalue weighted by molar-refractivity contribution is -0.145. The van der Waals surface area contributed by atoms with Crippen LogP contribution in [-0.2, 0) is 16.0 Å². The summed E-state index contributed by atoms with van der Waals surface area (Å²) in [6.45, 7) is 4.02. The third-order valence-corrected chi connectivity index (χ3v) is 3.14. The molecule has 1 atom stereocenters.